The van der Waals surface area contributed by atoms with Crippen molar-refractivity contribution in [3.63, 3.8) is 0 Å². The molecule has 0 spiro atoms. The predicted octanol–water partition coefficient (Wildman–Crippen LogP) is 3.89. The van der Waals surface area contributed by atoms with E-state index >= 15 is 0 Å². The van der Waals surface area contributed by atoms with Crippen LogP contribution < -0.4 is 5.73 Å². The van der Waals surface area contributed by atoms with E-state index in [0.717, 1.165) is 11.8 Å². The summed E-state index contributed by atoms with van der Waals surface area (Å²) in [5.74, 6) is 0.0445. The van der Waals surface area contributed by atoms with Gasteiger partial charge in [0.25, 0.3) is 0 Å². The smallest absolute Gasteiger partial charge is 0.330 e. The van der Waals surface area contributed by atoms with Crippen molar-refractivity contribution in [1.82, 2.24) is 4.98 Å². The van der Waals surface area contributed by atoms with Gasteiger partial charge in [0.2, 0.25) is 0 Å². The third-order valence-electron chi connectivity index (χ3n) is 2.84. The Labute approximate surface area is 113 Å². The molecule has 1 heterocycles. The molecule has 0 aliphatic carbocycles. The molecule has 2 nitrogen and oxygen atoms in total. The van der Waals surface area contributed by atoms with Crippen molar-refractivity contribution in [2.75, 3.05) is 6.54 Å². The van der Waals surface area contributed by atoms with Gasteiger partial charge in [0, 0.05) is 23.4 Å². The van der Waals surface area contributed by atoms with Crippen LogP contribution in [0, 0.1) is 0 Å². The van der Waals surface area contributed by atoms with Gasteiger partial charge in [-0.3, -0.25) is 0 Å². The Balaban J connectivity index is 2.45. The van der Waals surface area contributed by atoms with Crippen molar-refractivity contribution >= 4 is 11.3 Å². The van der Waals surface area contributed by atoms with Crippen LogP contribution in [0.4, 0.5) is 13.2 Å². The van der Waals surface area contributed by atoms with E-state index in [9.17, 15) is 13.2 Å². The number of alkyl halides is 3. The van der Waals surface area contributed by atoms with E-state index in [4.69, 9.17) is 5.73 Å². The lowest BCUT2D eigenvalue weighted by molar-refractivity contribution is -0.137. The van der Waals surface area contributed by atoms with Crippen LogP contribution in [0.2, 0.25) is 0 Å². The van der Waals surface area contributed by atoms with Crippen LogP contribution in [0.25, 0.3) is 10.6 Å². The monoisotopic (exact) mass is 286 g/mol. The van der Waals surface area contributed by atoms with E-state index in [1.54, 1.807) is 11.4 Å². The summed E-state index contributed by atoms with van der Waals surface area (Å²) in [6.07, 6.45) is -4.37. The van der Waals surface area contributed by atoms with E-state index < -0.39 is 11.7 Å². The van der Waals surface area contributed by atoms with Crippen molar-refractivity contribution in [2.24, 2.45) is 5.73 Å². The summed E-state index contributed by atoms with van der Waals surface area (Å²) in [6, 6.07) is 5.47. The molecule has 0 amide bonds. The summed E-state index contributed by atoms with van der Waals surface area (Å²) < 4.78 is 38.8. The number of nitrogens with two attached hydrogens (primary N) is 1. The molecule has 102 valence electrons. The quantitative estimate of drug-likeness (QED) is 0.929. The Morgan fingerprint density at radius 3 is 2.63 bits per heavy atom. The number of benzene rings is 1. The number of nitrogens with zero attached hydrogens (tertiary/aromatic N) is 1. The molecule has 0 saturated heterocycles. The molecule has 0 saturated carbocycles. The third kappa shape index (κ3) is 2.96. The van der Waals surface area contributed by atoms with Crippen LogP contribution in [0.1, 0.15) is 24.1 Å². The highest BCUT2D eigenvalue weighted by molar-refractivity contribution is 7.13. The summed E-state index contributed by atoms with van der Waals surface area (Å²) >= 11 is 1.21. The second-order valence-corrected chi connectivity index (χ2v) is 5.12. The minimum absolute atomic E-state index is 0.0445. The molecule has 1 atom stereocenters. The number of halogens is 3. The fourth-order valence-corrected chi connectivity index (χ4v) is 2.65. The first-order valence-electron chi connectivity index (χ1n) is 5.75. The van der Waals surface area contributed by atoms with Crippen molar-refractivity contribution < 1.29 is 13.2 Å². The van der Waals surface area contributed by atoms with Crippen molar-refractivity contribution in [3.8, 4) is 10.6 Å². The zero-order valence-electron chi connectivity index (χ0n) is 10.2. The van der Waals surface area contributed by atoms with Crippen LogP contribution in [-0.4, -0.2) is 11.5 Å². The van der Waals surface area contributed by atoms with E-state index in [2.05, 4.69) is 4.98 Å². The molecule has 19 heavy (non-hydrogen) atoms. The average Bonchev–Trinajstić information content (AvgIpc) is 2.86. The van der Waals surface area contributed by atoms with Gasteiger partial charge in [-0.15, -0.1) is 11.3 Å². The first-order chi connectivity index (χ1) is 8.93. The maximum atomic E-state index is 12.9. The minimum atomic E-state index is -4.37. The zero-order chi connectivity index (χ0) is 14.0. The molecule has 2 aromatic rings. The summed E-state index contributed by atoms with van der Waals surface area (Å²) in [5.41, 5.74) is 5.74. The van der Waals surface area contributed by atoms with Crippen LogP contribution in [0.15, 0.2) is 29.6 Å². The topological polar surface area (TPSA) is 38.9 Å². The van der Waals surface area contributed by atoms with E-state index in [1.165, 1.54) is 23.5 Å². The number of hydrogen-bond donors (Lipinski definition) is 1. The molecule has 1 unspecified atom stereocenters. The van der Waals surface area contributed by atoms with E-state index in [0.29, 0.717) is 11.6 Å². The third-order valence-corrected chi connectivity index (χ3v) is 3.74. The van der Waals surface area contributed by atoms with Crippen LogP contribution in [0.5, 0.6) is 0 Å². The molecule has 1 aromatic heterocycles. The molecule has 2 rings (SSSR count). The Kier molecular flexibility index (Phi) is 3.91. The Bertz CT molecular complexity index is 563. The Hall–Kier alpha value is -1.40. The van der Waals surface area contributed by atoms with Crippen molar-refractivity contribution in [3.05, 3.63) is 40.9 Å². The molecular formula is C13H13F3N2S. The van der Waals surface area contributed by atoms with Gasteiger partial charge < -0.3 is 5.73 Å². The summed E-state index contributed by atoms with van der Waals surface area (Å²) in [5, 5.41) is 2.14. The lowest BCUT2D eigenvalue weighted by atomic mass is 10.1. The molecule has 0 radical (unpaired) electrons. The molecule has 0 fully saturated rings. The number of thiazole rings is 1. The van der Waals surface area contributed by atoms with Gasteiger partial charge in [0.15, 0.2) is 0 Å². The zero-order valence-corrected chi connectivity index (χ0v) is 11.1. The summed E-state index contributed by atoms with van der Waals surface area (Å²) in [7, 11) is 0. The first-order valence-corrected chi connectivity index (χ1v) is 6.63. The molecule has 0 aliphatic heterocycles. The second-order valence-electron chi connectivity index (χ2n) is 4.26. The molecule has 0 bridgehead atoms. The van der Waals surface area contributed by atoms with Gasteiger partial charge in [0.1, 0.15) is 5.01 Å². The van der Waals surface area contributed by atoms with Gasteiger partial charge >= 0.3 is 6.18 Å². The minimum Gasteiger partial charge on any atom is -0.330 e. The van der Waals surface area contributed by atoms with Gasteiger partial charge in [0.05, 0.1) is 11.3 Å². The van der Waals surface area contributed by atoms with Crippen molar-refractivity contribution in [1.29, 1.82) is 0 Å². The fraction of sp³-hybridized carbons (Fsp3) is 0.308. The van der Waals surface area contributed by atoms with Crippen LogP contribution >= 0.6 is 11.3 Å². The average molecular weight is 286 g/mol. The maximum absolute atomic E-state index is 12.9. The second kappa shape index (κ2) is 5.30. The van der Waals surface area contributed by atoms with Crippen LogP contribution in [-0.2, 0) is 6.18 Å². The lowest BCUT2D eigenvalue weighted by Crippen LogP contribution is -2.09. The van der Waals surface area contributed by atoms with E-state index in [1.807, 2.05) is 6.92 Å². The predicted molar refractivity (Wildman–Crippen MR) is 70.0 cm³/mol. The SMILES string of the molecule is CC(CN)c1csc(-c2ccccc2C(F)(F)F)n1. The highest BCUT2D eigenvalue weighted by atomic mass is 32.1. The summed E-state index contributed by atoms with van der Waals surface area (Å²) in [6.45, 7) is 2.32. The van der Waals surface area contributed by atoms with Gasteiger partial charge in [-0.25, -0.2) is 4.98 Å². The van der Waals surface area contributed by atoms with Gasteiger partial charge in [-0.05, 0) is 6.07 Å². The molecule has 0 aliphatic rings. The molecule has 6 heteroatoms. The number of hydrogen-bond acceptors (Lipinski definition) is 3. The standard InChI is InChI=1S/C13H13F3N2S/c1-8(6-17)11-7-19-12(18-11)9-4-2-3-5-10(9)13(14,15)16/h2-5,7-8H,6,17H2,1H3. The molecule has 2 N–H and O–H groups in total. The molecule has 1 aromatic carbocycles. The van der Waals surface area contributed by atoms with E-state index in [-0.39, 0.29) is 11.5 Å². The van der Waals surface area contributed by atoms with Crippen LogP contribution in [0.3, 0.4) is 0 Å². The van der Waals surface area contributed by atoms with Gasteiger partial charge in [-0.1, -0.05) is 25.1 Å². The first kappa shape index (κ1) is 14.0. The highest BCUT2D eigenvalue weighted by Gasteiger charge is 2.34. The fourth-order valence-electron chi connectivity index (χ4n) is 1.67. The summed E-state index contributed by atoms with van der Waals surface area (Å²) in [4.78, 5) is 4.26. The highest BCUT2D eigenvalue weighted by Crippen LogP contribution is 2.38. The Morgan fingerprint density at radius 2 is 2.00 bits per heavy atom. The lowest BCUT2D eigenvalue weighted by Gasteiger charge is -2.10. The maximum Gasteiger partial charge on any atom is 0.417 e. The largest absolute Gasteiger partial charge is 0.417 e. The number of rotatable bonds is 3. The Morgan fingerprint density at radius 1 is 1.32 bits per heavy atom. The molecular weight excluding hydrogens is 273 g/mol. The normalized spacial score (nSPS) is 13.5. The van der Waals surface area contributed by atoms with Gasteiger partial charge in [-0.2, -0.15) is 13.2 Å². The number of aromatic nitrogens is 1. The van der Waals surface area contributed by atoms with Crippen molar-refractivity contribution in [2.45, 2.75) is 19.0 Å².